The zero-order chi connectivity index (χ0) is 9.68. The van der Waals surface area contributed by atoms with Crippen molar-refractivity contribution in [1.82, 2.24) is 0 Å². The van der Waals surface area contributed by atoms with E-state index in [0.717, 1.165) is 19.1 Å². The highest BCUT2D eigenvalue weighted by molar-refractivity contribution is 4.75. The maximum atomic E-state index is 5.53. The van der Waals surface area contributed by atoms with Crippen molar-refractivity contribution in [3.8, 4) is 0 Å². The van der Waals surface area contributed by atoms with E-state index in [1.165, 1.54) is 19.3 Å². The molecule has 3 unspecified atom stereocenters. The third-order valence-corrected chi connectivity index (χ3v) is 3.13. The first-order valence-corrected chi connectivity index (χ1v) is 5.38. The summed E-state index contributed by atoms with van der Waals surface area (Å²) in [4.78, 5) is 0. The van der Waals surface area contributed by atoms with Crippen molar-refractivity contribution in [2.24, 2.45) is 11.8 Å². The smallest absolute Gasteiger partial charge is 0.0624 e. The molecule has 0 bridgehead atoms. The first kappa shape index (κ1) is 11.0. The van der Waals surface area contributed by atoms with Crippen LogP contribution in [0, 0.1) is 11.8 Å². The summed E-state index contributed by atoms with van der Waals surface area (Å²) >= 11 is 0. The van der Waals surface area contributed by atoms with Crippen LogP contribution in [0.3, 0.4) is 0 Å². The first-order valence-electron chi connectivity index (χ1n) is 5.38. The number of ether oxygens (including phenoxy) is 2. The van der Waals surface area contributed by atoms with Crippen LogP contribution in [-0.4, -0.2) is 26.4 Å². The molecule has 0 saturated carbocycles. The Morgan fingerprint density at radius 3 is 2.77 bits per heavy atom. The van der Waals surface area contributed by atoms with Gasteiger partial charge in [-0.1, -0.05) is 20.3 Å². The summed E-state index contributed by atoms with van der Waals surface area (Å²) < 4.78 is 10.9. The Kier molecular flexibility index (Phi) is 4.74. The fourth-order valence-electron chi connectivity index (χ4n) is 1.89. The van der Waals surface area contributed by atoms with Gasteiger partial charge in [-0.15, -0.1) is 0 Å². The average Bonchev–Trinajstić information content (AvgIpc) is 2.66. The molecular formula is C11H22O2. The van der Waals surface area contributed by atoms with Gasteiger partial charge in [0.15, 0.2) is 0 Å². The van der Waals surface area contributed by atoms with E-state index in [9.17, 15) is 0 Å². The van der Waals surface area contributed by atoms with Crippen LogP contribution in [-0.2, 0) is 9.47 Å². The molecule has 1 aliphatic heterocycles. The highest BCUT2D eigenvalue weighted by Gasteiger charge is 2.26. The second kappa shape index (κ2) is 5.61. The Hall–Kier alpha value is -0.0800. The molecule has 2 heteroatoms. The predicted molar refractivity (Wildman–Crippen MR) is 53.8 cm³/mol. The Morgan fingerprint density at radius 2 is 2.31 bits per heavy atom. The van der Waals surface area contributed by atoms with Crippen molar-refractivity contribution in [3.63, 3.8) is 0 Å². The number of rotatable bonds is 5. The van der Waals surface area contributed by atoms with Gasteiger partial charge in [-0.3, -0.25) is 0 Å². The van der Waals surface area contributed by atoms with Crippen LogP contribution in [0.5, 0.6) is 0 Å². The second-order valence-corrected chi connectivity index (χ2v) is 4.15. The van der Waals surface area contributed by atoms with Gasteiger partial charge in [0.2, 0.25) is 0 Å². The van der Waals surface area contributed by atoms with E-state index in [4.69, 9.17) is 9.47 Å². The molecule has 3 atom stereocenters. The van der Waals surface area contributed by atoms with Crippen LogP contribution in [0.1, 0.15) is 33.1 Å². The molecule has 0 aromatic rings. The standard InChI is InChI=1S/C11H22O2/c1-4-9(2)7-11(12-3)10-5-6-13-8-10/h9-11H,4-8H2,1-3H3. The van der Waals surface area contributed by atoms with Crippen LogP contribution < -0.4 is 0 Å². The molecule has 0 radical (unpaired) electrons. The number of methoxy groups -OCH3 is 1. The molecule has 1 heterocycles. The molecule has 0 amide bonds. The minimum absolute atomic E-state index is 0.414. The van der Waals surface area contributed by atoms with Crippen LogP contribution in [0.2, 0.25) is 0 Å². The normalized spacial score (nSPS) is 27.5. The van der Waals surface area contributed by atoms with Crippen LogP contribution in [0.15, 0.2) is 0 Å². The fraction of sp³-hybridized carbons (Fsp3) is 1.00. The minimum atomic E-state index is 0.414. The van der Waals surface area contributed by atoms with Gasteiger partial charge in [0.1, 0.15) is 0 Å². The summed E-state index contributed by atoms with van der Waals surface area (Å²) in [5.41, 5.74) is 0. The monoisotopic (exact) mass is 186 g/mol. The van der Waals surface area contributed by atoms with E-state index in [0.29, 0.717) is 12.0 Å². The quantitative estimate of drug-likeness (QED) is 0.656. The highest BCUT2D eigenvalue weighted by Crippen LogP contribution is 2.24. The van der Waals surface area contributed by atoms with Crippen molar-refractivity contribution in [1.29, 1.82) is 0 Å². The molecule has 1 rings (SSSR count). The van der Waals surface area contributed by atoms with Gasteiger partial charge in [0.05, 0.1) is 12.7 Å². The van der Waals surface area contributed by atoms with E-state index in [1.807, 2.05) is 7.11 Å². The third-order valence-electron chi connectivity index (χ3n) is 3.13. The van der Waals surface area contributed by atoms with Crippen molar-refractivity contribution in [3.05, 3.63) is 0 Å². The summed E-state index contributed by atoms with van der Waals surface area (Å²) in [5, 5.41) is 0. The summed E-state index contributed by atoms with van der Waals surface area (Å²) in [7, 11) is 1.82. The Morgan fingerprint density at radius 1 is 1.54 bits per heavy atom. The lowest BCUT2D eigenvalue weighted by Crippen LogP contribution is -2.25. The van der Waals surface area contributed by atoms with Crippen LogP contribution in [0.4, 0.5) is 0 Å². The van der Waals surface area contributed by atoms with Gasteiger partial charge in [0.25, 0.3) is 0 Å². The molecule has 1 saturated heterocycles. The maximum absolute atomic E-state index is 5.53. The van der Waals surface area contributed by atoms with E-state index >= 15 is 0 Å². The lowest BCUT2D eigenvalue weighted by atomic mass is 9.92. The average molecular weight is 186 g/mol. The summed E-state index contributed by atoms with van der Waals surface area (Å²) in [6.07, 6.45) is 4.01. The fourth-order valence-corrected chi connectivity index (χ4v) is 1.89. The molecule has 1 fully saturated rings. The van der Waals surface area contributed by atoms with Crippen molar-refractivity contribution >= 4 is 0 Å². The van der Waals surface area contributed by atoms with Gasteiger partial charge < -0.3 is 9.47 Å². The van der Waals surface area contributed by atoms with Gasteiger partial charge in [-0.25, -0.2) is 0 Å². The summed E-state index contributed by atoms with van der Waals surface area (Å²) in [6, 6.07) is 0. The van der Waals surface area contributed by atoms with Gasteiger partial charge in [-0.2, -0.15) is 0 Å². The molecular weight excluding hydrogens is 164 g/mol. The Bertz CT molecular complexity index is 130. The van der Waals surface area contributed by atoms with Crippen LogP contribution in [0.25, 0.3) is 0 Å². The number of hydrogen-bond donors (Lipinski definition) is 0. The molecule has 0 aromatic carbocycles. The second-order valence-electron chi connectivity index (χ2n) is 4.15. The molecule has 0 aliphatic carbocycles. The lowest BCUT2D eigenvalue weighted by Gasteiger charge is -2.23. The van der Waals surface area contributed by atoms with Gasteiger partial charge in [-0.05, 0) is 18.8 Å². The molecule has 78 valence electrons. The number of hydrogen-bond acceptors (Lipinski definition) is 2. The zero-order valence-electron chi connectivity index (χ0n) is 9.08. The minimum Gasteiger partial charge on any atom is -0.381 e. The summed E-state index contributed by atoms with van der Waals surface area (Å²) in [5.74, 6) is 1.41. The third kappa shape index (κ3) is 3.28. The molecule has 2 nitrogen and oxygen atoms in total. The van der Waals surface area contributed by atoms with Crippen molar-refractivity contribution in [2.45, 2.75) is 39.2 Å². The predicted octanol–water partition coefficient (Wildman–Crippen LogP) is 2.47. The van der Waals surface area contributed by atoms with Crippen LogP contribution >= 0.6 is 0 Å². The maximum Gasteiger partial charge on any atom is 0.0624 e. The first-order chi connectivity index (χ1) is 6.27. The molecule has 1 aliphatic rings. The molecule has 0 N–H and O–H groups in total. The largest absolute Gasteiger partial charge is 0.381 e. The van der Waals surface area contributed by atoms with Gasteiger partial charge >= 0.3 is 0 Å². The topological polar surface area (TPSA) is 18.5 Å². The summed E-state index contributed by atoms with van der Waals surface area (Å²) in [6.45, 7) is 6.35. The van der Waals surface area contributed by atoms with E-state index in [1.54, 1.807) is 0 Å². The van der Waals surface area contributed by atoms with E-state index in [2.05, 4.69) is 13.8 Å². The van der Waals surface area contributed by atoms with Gasteiger partial charge in [0, 0.05) is 19.6 Å². The van der Waals surface area contributed by atoms with E-state index in [-0.39, 0.29) is 0 Å². The lowest BCUT2D eigenvalue weighted by molar-refractivity contribution is 0.0288. The Balaban J connectivity index is 2.32. The molecule has 0 aromatic heterocycles. The zero-order valence-corrected chi connectivity index (χ0v) is 9.08. The van der Waals surface area contributed by atoms with Crippen molar-refractivity contribution < 1.29 is 9.47 Å². The van der Waals surface area contributed by atoms with Crippen molar-refractivity contribution in [2.75, 3.05) is 20.3 Å². The molecule has 13 heavy (non-hydrogen) atoms. The SMILES string of the molecule is CCC(C)CC(OC)C1CCOC1. The molecule has 0 spiro atoms. The highest BCUT2D eigenvalue weighted by atomic mass is 16.5. The van der Waals surface area contributed by atoms with E-state index < -0.39 is 0 Å². The Labute approximate surface area is 81.6 Å².